The predicted molar refractivity (Wildman–Crippen MR) is 68.4 cm³/mol. The molecule has 0 aliphatic heterocycles. The Labute approximate surface area is 99.2 Å². The molecule has 92 valence electrons. The van der Waals surface area contributed by atoms with Gasteiger partial charge >= 0.3 is 0 Å². The van der Waals surface area contributed by atoms with Crippen LogP contribution in [-0.2, 0) is 6.42 Å². The molecule has 2 nitrogen and oxygen atoms in total. The van der Waals surface area contributed by atoms with Crippen molar-refractivity contribution in [2.75, 3.05) is 0 Å². The summed E-state index contributed by atoms with van der Waals surface area (Å²) in [4.78, 5) is 0. The van der Waals surface area contributed by atoms with E-state index in [4.69, 9.17) is 10.2 Å². The highest BCUT2D eigenvalue weighted by Crippen LogP contribution is 2.20. The van der Waals surface area contributed by atoms with Crippen molar-refractivity contribution in [2.45, 2.75) is 64.8 Å². The van der Waals surface area contributed by atoms with Crippen LogP contribution < -0.4 is 5.73 Å². The summed E-state index contributed by atoms with van der Waals surface area (Å²) >= 11 is 0. The minimum atomic E-state index is 0.0851. The molecule has 2 heteroatoms. The Morgan fingerprint density at radius 3 is 2.50 bits per heavy atom. The third-order valence-corrected chi connectivity index (χ3v) is 3.02. The zero-order chi connectivity index (χ0) is 11.8. The Balaban J connectivity index is 2.21. The standard InChI is InChI=1S/C14H25NO/c1-3-5-6-7-8-9-13(15)14-11-10-12(4-2)16-14/h10-11,13H,3-9,15H2,1-2H3. The average molecular weight is 223 g/mol. The fraction of sp³-hybridized carbons (Fsp3) is 0.714. The van der Waals surface area contributed by atoms with E-state index in [0.29, 0.717) is 0 Å². The first-order valence-electron chi connectivity index (χ1n) is 6.62. The van der Waals surface area contributed by atoms with Crippen molar-refractivity contribution in [1.29, 1.82) is 0 Å². The van der Waals surface area contributed by atoms with Crippen molar-refractivity contribution in [1.82, 2.24) is 0 Å². The molecule has 1 heterocycles. The lowest BCUT2D eigenvalue weighted by Gasteiger charge is -2.08. The van der Waals surface area contributed by atoms with Gasteiger partial charge < -0.3 is 10.2 Å². The van der Waals surface area contributed by atoms with Gasteiger partial charge in [-0.05, 0) is 18.6 Å². The van der Waals surface area contributed by atoms with E-state index in [2.05, 4.69) is 13.8 Å². The Morgan fingerprint density at radius 2 is 1.88 bits per heavy atom. The van der Waals surface area contributed by atoms with Crippen LogP contribution in [0, 0.1) is 0 Å². The van der Waals surface area contributed by atoms with Crippen LogP contribution in [0.4, 0.5) is 0 Å². The number of hydrogen-bond donors (Lipinski definition) is 1. The van der Waals surface area contributed by atoms with Crippen LogP contribution >= 0.6 is 0 Å². The van der Waals surface area contributed by atoms with Gasteiger partial charge in [-0.15, -0.1) is 0 Å². The Hall–Kier alpha value is -0.760. The summed E-state index contributed by atoms with van der Waals surface area (Å²) in [6, 6.07) is 4.14. The van der Waals surface area contributed by atoms with Crippen LogP contribution in [0.2, 0.25) is 0 Å². The number of rotatable bonds is 8. The maximum absolute atomic E-state index is 6.08. The first-order valence-corrected chi connectivity index (χ1v) is 6.62. The van der Waals surface area contributed by atoms with Crippen LogP contribution in [0.25, 0.3) is 0 Å². The van der Waals surface area contributed by atoms with E-state index in [-0.39, 0.29) is 6.04 Å². The number of nitrogens with two attached hydrogens (primary N) is 1. The summed E-state index contributed by atoms with van der Waals surface area (Å²) in [5.41, 5.74) is 6.08. The molecule has 0 saturated heterocycles. The van der Waals surface area contributed by atoms with E-state index in [0.717, 1.165) is 24.4 Å². The third-order valence-electron chi connectivity index (χ3n) is 3.02. The molecule has 0 radical (unpaired) electrons. The molecular weight excluding hydrogens is 198 g/mol. The topological polar surface area (TPSA) is 39.2 Å². The van der Waals surface area contributed by atoms with Gasteiger partial charge in [0.15, 0.2) is 0 Å². The molecule has 0 spiro atoms. The van der Waals surface area contributed by atoms with E-state index < -0.39 is 0 Å². The first kappa shape index (κ1) is 13.3. The highest BCUT2D eigenvalue weighted by molar-refractivity contribution is 5.10. The maximum atomic E-state index is 6.08. The minimum Gasteiger partial charge on any atom is -0.464 e. The molecule has 0 bridgehead atoms. The van der Waals surface area contributed by atoms with E-state index in [9.17, 15) is 0 Å². The van der Waals surface area contributed by atoms with E-state index in [1.54, 1.807) is 0 Å². The van der Waals surface area contributed by atoms with Crippen LogP contribution in [0.5, 0.6) is 0 Å². The Bertz CT molecular complexity index is 280. The normalized spacial score (nSPS) is 12.9. The Kier molecular flexibility index (Phi) is 6.24. The third kappa shape index (κ3) is 4.40. The summed E-state index contributed by atoms with van der Waals surface area (Å²) in [6.45, 7) is 4.33. The van der Waals surface area contributed by atoms with E-state index >= 15 is 0 Å². The van der Waals surface area contributed by atoms with Gasteiger partial charge in [0.1, 0.15) is 11.5 Å². The lowest BCUT2D eigenvalue weighted by atomic mass is 10.1. The average Bonchev–Trinajstić information content (AvgIpc) is 2.77. The van der Waals surface area contributed by atoms with Gasteiger partial charge in [-0.1, -0.05) is 46.0 Å². The van der Waals surface area contributed by atoms with Crippen molar-refractivity contribution < 1.29 is 4.42 Å². The quantitative estimate of drug-likeness (QED) is 0.671. The van der Waals surface area contributed by atoms with Gasteiger partial charge in [-0.3, -0.25) is 0 Å². The second kappa shape index (κ2) is 7.50. The van der Waals surface area contributed by atoms with Crippen LogP contribution in [0.3, 0.4) is 0 Å². The molecule has 0 aromatic carbocycles. The van der Waals surface area contributed by atoms with Gasteiger partial charge in [-0.25, -0.2) is 0 Å². The van der Waals surface area contributed by atoms with Gasteiger partial charge in [-0.2, -0.15) is 0 Å². The van der Waals surface area contributed by atoms with Crippen molar-refractivity contribution in [2.24, 2.45) is 5.73 Å². The SMILES string of the molecule is CCCCCCCC(N)c1ccc(CC)o1. The fourth-order valence-corrected chi connectivity index (χ4v) is 1.89. The molecule has 0 aliphatic rings. The molecule has 16 heavy (non-hydrogen) atoms. The van der Waals surface area contributed by atoms with E-state index in [1.165, 1.54) is 32.1 Å². The Morgan fingerprint density at radius 1 is 1.12 bits per heavy atom. The molecule has 1 aromatic heterocycles. The molecule has 0 saturated carbocycles. The van der Waals surface area contributed by atoms with Crippen LogP contribution in [-0.4, -0.2) is 0 Å². The molecule has 1 atom stereocenters. The molecule has 2 N–H and O–H groups in total. The fourth-order valence-electron chi connectivity index (χ4n) is 1.89. The van der Waals surface area contributed by atoms with Crippen LogP contribution in [0.15, 0.2) is 16.5 Å². The zero-order valence-electron chi connectivity index (χ0n) is 10.7. The number of unbranched alkanes of at least 4 members (excludes halogenated alkanes) is 4. The summed E-state index contributed by atoms with van der Waals surface area (Å²) in [6.07, 6.45) is 8.47. The lowest BCUT2D eigenvalue weighted by molar-refractivity contribution is 0.416. The highest BCUT2D eigenvalue weighted by atomic mass is 16.3. The van der Waals surface area contributed by atoms with Crippen molar-refractivity contribution in [3.8, 4) is 0 Å². The molecular formula is C14H25NO. The van der Waals surface area contributed by atoms with Gasteiger partial charge in [0.05, 0.1) is 6.04 Å². The first-order chi connectivity index (χ1) is 7.77. The molecule has 0 aliphatic carbocycles. The summed E-state index contributed by atoms with van der Waals surface area (Å²) < 4.78 is 5.65. The van der Waals surface area contributed by atoms with E-state index in [1.807, 2.05) is 12.1 Å². The molecule has 1 unspecified atom stereocenters. The lowest BCUT2D eigenvalue weighted by Crippen LogP contribution is -2.08. The highest BCUT2D eigenvalue weighted by Gasteiger charge is 2.09. The number of hydrogen-bond acceptors (Lipinski definition) is 2. The minimum absolute atomic E-state index is 0.0851. The number of furan rings is 1. The van der Waals surface area contributed by atoms with Crippen molar-refractivity contribution in [3.63, 3.8) is 0 Å². The zero-order valence-corrected chi connectivity index (χ0v) is 10.7. The molecule has 0 amide bonds. The maximum Gasteiger partial charge on any atom is 0.120 e. The summed E-state index contributed by atoms with van der Waals surface area (Å²) in [7, 11) is 0. The largest absolute Gasteiger partial charge is 0.464 e. The summed E-state index contributed by atoms with van der Waals surface area (Å²) in [5, 5.41) is 0. The van der Waals surface area contributed by atoms with Crippen molar-refractivity contribution in [3.05, 3.63) is 23.7 Å². The monoisotopic (exact) mass is 223 g/mol. The second-order valence-corrected chi connectivity index (χ2v) is 4.47. The number of aryl methyl sites for hydroxylation is 1. The van der Waals surface area contributed by atoms with Gasteiger partial charge in [0.25, 0.3) is 0 Å². The van der Waals surface area contributed by atoms with Gasteiger partial charge in [0, 0.05) is 6.42 Å². The molecule has 1 rings (SSSR count). The summed E-state index contributed by atoms with van der Waals surface area (Å²) in [5.74, 6) is 1.99. The van der Waals surface area contributed by atoms with Crippen LogP contribution in [0.1, 0.15) is 69.9 Å². The smallest absolute Gasteiger partial charge is 0.120 e. The second-order valence-electron chi connectivity index (χ2n) is 4.47. The predicted octanol–water partition coefficient (Wildman–Crippen LogP) is 4.20. The molecule has 1 aromatic rings. The van der Waals surface area contributed by atoms with Crippen molar-refractivity contribution >= 4 is 0 Å². The van der Waals surface area contributed by atoms with Gasteiger partial charge in [0.2, 0.25) is 0 Å². The molecule has 0 fully saturated rings.